The molecule has 4 rings (SSSR count). The lowest BCUT2D eigenvalue weighted by Crippen LogP contribution is -2.57. The van der Waals surface area contributed by atoms with E-state index < -0.39 is 6.04 Å². The van der Waals surface area contributed by atoms with Gasteiger partial charge >= 0.3 is 0 Å². The normalized spacial score (nSPS) is 17.4. The number of piperazine rings is 1. The van der Waals surface area contributed by atoms with Crippen molar-refractivity contribution in [2.75, 3.05) is 19.6 Å². The number of amides is 2. The largest absolute Gasteiger partial charge is 0.339 e. The molecule has 1 saturated heterocycles. The molecule has 0 bridgehead atoms. The summed E-state index contributed by atoms with van der Waals surface area (Å²) in [6.45, 7) is 7.62. The van der Waals surface area contributed by atoms with Crippen molar-refractivity contribution in [1.82, 2.24) is 19.2 Å². The second-order valence-corrected chi connectivity index (χ2v) is 7.24. The third kappa shape index (κ3) is 3.05. The SMILES string of the molecule is CCN1CCN(C(=O)c2cccc(-c3cc(C)c4nccn4c3)c2)[C@@H](C)C1=O. The molecule has 1 aliphatic heterocycles. The Kier molecular flexibility index (Phi) is 4.63. The van der Waals surface area contributed by atoms with Crippen molar-refractivity contribution in [1.29, 1.82) is 0 Å². The third-order valence-electron chi connectivity index (χ3n) is 5.50. The van der Waals surface area contributed by atoms with E-state index in [0.29, 0.717) is 25.2 Å². The van der Waals surface area contributed by atoms with Crippen LogP contribution in [0.2, 0.25) is 0 Å². The summed E-state index contributed by atoms with van der Waals surface area (Å²) in [6.07, 6.45) is 5.72. The minimum atomic E-state index is -0.436. The molecular weight excluding hydrogens is 352 g/mol. The van der Waals surface area contributed by atoms with Crippen LogP contribution in [-0.2, 0) is 4.79 Å². The predicted octanol–water partition coefficient (Wildman–Crippen LogP) is 3.00. The van der Waals surface area contributed by atoms with Crippen LogP contribution in [0.25, 0.3) is 16.8 Å². The quantitative estimate of drug-likeness (QED) is 0.706. The van der Waals surface area contributed by atoms with Crippen molar-refractivity contribution in [3.05, 3.63) is 60.0 Å². The second kappa shape index (κ2) is 7.11. The van der Waals surface area contributed by atoms with Crippen LogP contribution in [0.3, 0.4) is 0 Å². The number of benzene rings is 1. The number of pyridine rings is 1. The second-order valence-electron chi connectivity index (χ2n) is 7.24. The van der Waals surface area contributed by atoms with Crippen LogP contribution in [0.4, 0.5) is 0 Å². The van der Waals surface area contributed by atoms with E-state index in [2.05, 4.69) is 11.1 Å². The van der Waals surface area contributed by atoms with Crippen molar-refractivity contribution in [2.45, 2.75) is 26.8 Å². The van der Waals surface area contributed by atoms with Crippen LogP contribution in [0.1, 0.15) is 29.8 Å². The van der Waals surface area contributed by atoms with Crippen LogP contribution in [0.15, 0.2) is 48.9 Å². The number of hydrogen-bond donors (Lipinski definition) is 0. The molecule has 1 aliphatic rings. The number of carbonyl (C=O) groups is 2. The number of nitrogens with zero attached hydrogens (tertiary/aromatic N) is 4. The molecule has 6 heteroatoms. The van der Waals surface area contributed by atoms with Gasteiger partial charge in [-0.05, 0) is 55.7 Å². The van der Waals surface area contributed by atoms with Crippen molar-refractivity contribution in [2.24, 2.45) is 0 Å². The molecule has 2 aromatic heterocycles. The van der Waals surface area contributed by atoms with Gasteiger partial charge in [0.2, 0.25) is 5.91 Å². The molecular formula is C22H24N4O2. The number of rotatable bonds is 3. The van der Waals surface area contributed by atoms with Gasteiger partial charge in [0.1, 0.15) is 11.7 Å². The summed E-state index contributed by atoms with van der Waals surface area (Å²) in [4.78, 5) is 33.4. The van der Waals surface area contributed by atoms with E-state index in [0.717, 1.165) is 22.3 Å². The van der Waals surface area contributed by atoms with Gasteiger partial charge in [-0.2, -0.15) is 0 Å². The Balaban J connectivity index is 1.65. The zero-order valence-corrected chi connectivity index (χ0v) is 16.4. The van der Waals surface area contributed by atoms with Crippen molar-refractivity contribution in [3.8, 4) is 11.1 Å². The molecule has 1 atom stereocenters. The maximum Gasteiger partial charge on any atom is 0.254 e. The van der Waals surface area contributed by atoms with E-state index in [1.165, 1.54) is 0 Å². The van der Waals surface area contributed by atoms with E-state index >= 15 is 0 Å². The number of aryl methyl sites for hydroxylation is 1. The average molecular weight is 376 g/mol. The van der Waals surface area contributed by atoms with Crippen LogP contribution in [0, 0.1) is 6.92 Å². The fourth-order valence-electron chi connectivity index (χ4n) is 3.88. The Labute approximate surface area is 164 Å². The molecule has 2 amide bonds. The van der Waals surface area contributed by atoms with E-state index in [9.17, 15) is 9.59 Å². The Morgan fingerprint density at radius 2 is 2.04 bits per heavy atom. The minimum absolute atomic E-state index is 0.0134. The lowest BCUT2D eigenvalue weighted by atomic mass is 10.0. The first-order chi connectivity index (χ1) is 13.5. The summed E-state index contributed by atoms with van der Waals surface area (Å²) in [5, 5.41) is 0. The summed E-state index contributed by atoms with van der Waals surface area (Å²) >= 11 is 0. The van der Waals surface area contributed by atoms with Gasteiger partial charge in [0, 0.05) is 43.8 Å². The molecule has 0 radical (unpaired) electrons. The van der Waals surface area contributed by atoms with E-state index in [1.807, 2.05) is 61.8 Å². The van der Waals surface area contributed by atoms with Gasteiger partial charge in [0.05, 0.1) is 0 Å². The summed E-state index contributed by atoms with van der Waals surface area (Å²) in [5.41, 5.74) is 4.60. The Hall–Kier alpha value is -3.15. The van der Waals surface area contributed by atoms with Gasteiger partial charge in [-0.1, -0.05) is 12.1 Å². The number of carbonyl (C=O) groups excluding carboxylic acids is 2. The fraction of sp³-hybridized carbons (Fsp3) is 0.318. The molecule has 144 valence electrons. The highest BCUT2D eigenvalue weighted by Gasteiger charge is 2.33. The average Bonchev–Trinajstić information content (AvgIpc) is 3.19. The highest BCUT2D eigenvalue weighted by molar-refractivity contribution is 5.99. The lowest BCUT2D eigenvalue weighted by molar-refractivity contribution is -0.139. The number of hydrogen-bond acceptors (Lipinski definition) is 3. The molecule has 3 heterocycles. The van der Waals surface area contributed by atoms with Crippen LogP contribution in [0.5, 0.6) is 0 Å². The maximum absolute atomic E-state index is 13.1. The highest BCUT2D eigenvalue weighted by atomic mass is 16.2. The van der Waals surface area contributed by atoms with Gasteiger partial charge in [-0.15, -0.1) is 0 Å². The fourth-order valence-corrected chi connectivity index (χ4v) is 3.88. The monoisotopic (exact) mass is 376 g/mol. The number of likely N-dealkylation sites (N-methyl/N-ethyl adjacent to an activating group) is 1. The van der Waals surface area contributed by atoms with Crippen LogP contribution < -0.4 is 0 Å². The van der Waals surface area contributed by atoms with Crippen LogP contribution in [-0.4, -0.2) is 56.7 Å². The van der Waals surface area contributed by atoms with E-state index in [-0.39, 0.29) is 11.8 Å². The summed E-state index contributed by atoms with van der Waals surface area (Å²) in [7, 11) is 0. The standard InChI is InChI=1S/C22H24N4O2/c1-4-24-10-11-26(16(3)21(24)27)22(28)18-7-5-6-17(13-18)19-12-15(2)20-23-8-9-25(20)14-19/h5-9,12-14,16H,4,10-11H2,1-3H3/t16-/m0/s1. The molecule has 0 unspecified atom stereocenters. The molecule has 0 aliphatic carbocycles. The lowest BCUT2D eigenvalue weighted by Gasteiger charge is -2.38. The third-order valence-corrected chi connectivity index (χ3v) is 5.50. The molecule has 6 nitrogen and oxygen atoms in total. The summed E-state index contributed by atoms with van der Waals surface area (Å²) < 4.78 is 1.99. The molecule has 1 fully saturated rings. The zero-order valence-electron chi connectivity index (χ0n) is 16.4. The Morgan fingerprint density at radius 3 is 2.82 bits per heavy atom. The molecule has 3 aromatic rings. The van der Waals surface area contributed by atoms with Gasteiger partial charge in [0.25, 0.3) is 5.91 Å². The van der Waals surface area contributed by atoms with Crippen molar-refractivity contribution < 1.29 is 9.59 Å². The number of aromatic nitrogens is 2. The molecule has 0 spiro atoms. The number of fused-ring (bicyclic) bond motifs is 1. The van der Waals surface area contributed by atoms with Crippen LogP contribution >= 0.6 is 0 Å². The van der Waals surface area contributed by atoms with Gasteiger partial charge < -0.3 is 14.2 Å². The number of imidazole rings is 1. The van der Waals surface area contributed by atoms with Gasteiger partial charge in [-0.3, -0.25) is 9.59 Å². The predicted molar refractivity (Wildman–Crippen MR) is 108 cm³/mol. The minimum Gasteiger partial charge on any atom is -0.339 e. The summed E-state index contributed by atoms with van der Waals surface area (Å²) in [6, 6.07) is 9.26. The highest BCUT2D eigenvalue weighted by Crippen LogP contribution is 2.24. The Morgan fingerprint density at radius 1 is 1.21 bits per heavy atom. The smallest absolute Gasteiger partial charge is 0.254 e. The first kappa shape index (κ1) is 18.2. The van der Waals surface area contributed by atoms with E-state index in [1.54, 1.807) is 16.0 Å². The van der Waals surface area contributed by atoms with Gasteiger partial charge in [-0.25, -0.2) is 4.98 Å². The van der Waals surface area contributed by atoms with Gasteiger partial charge in [0.15, 0.2) is 0 Å². The van der Waals surface area contributed by atoms with Crippen molar-refractivity contribution >= 4 is 17.5 Å². The molecule has 0 N–H and O–H groups in total. The Bertz CT molecular complexity index is 1060. The maximum atomic E-state index is 13.1. The van der Waals surface area contributed by atoms with E-state index in [4.69, 9.17) is 0 Å². The molecule has 28 heavy (non-hydrogen) atoms. The first-order valence-corrected chi connectivity index (χ1v) is 9.63. The topological polar surface area (TPSA) is 57.9 Å². The zero-order chi connectivity index (χ0) is 19.8. The summed E-state index contributed by atoms with van der Waals surface area (Å²) in [5.74, 6) is -0.0849. The van der Waals surface area contributed by atoms with Crippen molar-refractivity contribution in [3.63, 3.8) is 0 Å². The molecule has 1 aromatic carbocycles. The first-order valence-electron chi connectivity index (χ1n) is 9.63. The molecule has 0 saturated carbocycles.